The van der Waals surface area contributed by atoms with E-state index in [1.807, 2.05) is 0 Å². The number of methoxy groups -OCH3 is 1. The van der Waals surface area contributed by atoms with Gasteiger partial charge in [0, 0.05) is 31.3 Å². The third-order valence-electron chi connectivity index (χ3n) is 4.68. The summed E-state index contributed by atoms with van der Waals surface area (Å²) in [5.41, 5.74) is 0.925. The predicted molar refractivity (Wildman–Crippen MR) is 119 cm³/mol. The van der Waals surface area contributed by atoms with Crippen LogP contribution in [0.5, 0.6) is 11.5 Å². The number of hydrogen-bond donors (Lipinski definition) is 2. The molecular formula is C23H22F2N2O5S. The Balaban J connectivity index is 1.73. The molecule has 2 N–H and O–H groups in total. The fourth-order valence-corrected chi connectivity index (χ4v) is 3.74. The van der Waals surface area contributed by atoms with Crippen molar-refractivity contribution >= 4 is 23.3 Å². The molecule has 3 aromatic rings. The molecule has 0 saturated heterocycles. The molecule has 2 amide bonds. The number of thiophene rings is 1. The number of carbonyl (C=O) groups is 2. The summed E-state index contributed by atoms with van der Waals surface area (Å²) in [5, 5.41) is 12.9. The van der Waals surface area contributed by atoms with E-state index in [1.165, 1.54) is 29.4 Å². The van der Waals surface area contributed by atoms with Crippen molar-refractivity contribution in [2.45, 2.75) is 13.2 Å². The number of nitrogens with zero attached hydrogens (tertiary/aromatic N) is 1. The van der Waals surface area contributed by atoms with Crippen LogP contribution in [0.25, 0.3) is 0 Å². The van der Waals surface area contributed by atoms with E-state index in [0.29, 0.717) is 16.4 Å². The molecule has 0 fully saturated rings. The molecule has 0 atom stereocenters. The maximum Gasteiger partial charge on any atom is 0.404 e. The van der Waals surface area contributed by atoms with Crippen molar-refractivity contribution in [2.75, 3.05) is 20.2 Å². The lowest BCUT2D eigenvalue weighted by Gasteiger charge is -2.23. The quantitative estimate of drug-likeness (QED) is 0.449. The van der Waals surface area contributed by atoms with Crippen molar-refractivity contribution in [1.82, 2.24) is 10.2 Å². The van der Waals surface area contributed by atoms with E-state index >= 15 is 0 Å². The summed E-state index contributed by atoms with van der Waals surface area (Å²) in [6, 6.07) is 11.8. The molecule has 1 heterocycles. The van der Waals surface area contributed by atoms with Crippen LogP contribution in [0.1, 0.15) is 20.8 Å². The fraction of sp³-hybridized carbons (Fsp3) is 0.217. The Bertz CT molecular complexity index is 1110. The Kier molecular flexibility index (Phi) is 8.20. The number of rotatable bonds is 10. The van der Waals surface area contributed by atoms with Crippen LogP contribution in [-0.2, 0) is 13.2 Å². The van der Waals surface area contributed by atoms with E-state index in [9.17, 15) is 18.4 Å². The molecule has 2 aromatic carbocycles. The van der Waals surface area contributed by atoms with Gasteiger partial charge in [-0.05, 0) is 41.3 Å². The van der Waals surface area contributed by atoms with E-state index in [1.54, 1.807) is 35.7 Å². The van der Waals surface area contributed by atoms with Gasteiger partial charge in [-0.25, -0.2) is 13.6 Å². The highest BCUT2D eigenvalue weighted by Crippen LogP contribution is 2.30. The van der Waals surface area contributed by atoms with Crippen molar-refractivity contribution in [3.05, 3.63) is 81.5 Å². The van der Waals surface area contributed by atoms with Crippen LogP contribution in [0.15, 0.2) is 53.9 Å². The van der Waals surface area contributed by atoms with Gasteiger partial charge in [-0.2, -0.15) is 0 Å². The largest absolute Gasteiger partial charge is 0.493 e. The minimum atomic E-state index is -1.17. The lowest BCUT2D eigenvalue weighted by molar-refractivity contribution is 0.0748. The summed E-state index contributed by atoms with van der Waals surface area (Å²) in [6.07, 6.45) is -1.17. The van der Waals surface area contributed by atoms with Crippen LogP contribution >= 0.6 is 11.3 Å². The molecule has 0 aliphatic rings. The molecule has 0 radical (unpaired) electrons. The number of carboxylic acid groups (broad SMARTS) is 1. The summed E-state index contributed by atoms with van der Waals surface area (Å²) < 4.78 is 38.0. The third kappa shape index (κ3) is 6.66. The highest BCUT2D eigenvalue weighted by atomic mass is 32.1. The first kappa shape index (κ1) is 24.0. The summed E-state index contributed by atoms with van der Waals surface area (Å²) >= 11 is 1.30. The Morgan fingerprint density at radius 3 is 2.61 bits per heavy atom. The first-order chi connectivity index (χ1) is 15.9. The van der Waals surface area contributed by atoms with Gasteiger partial charge in [0.1, 0.15) is 18.2 Å². The molecule has 7 nitrogen and oxygen atoms in total. The number of amides is 2. The van der Waals surface area contributed by atoms with E-state index in [2.05, 4.69) is 5.32 Å². The molecule has 33 heavy (non-hydrogen) atoms. The van der Waals surface area contributed by atoms with Crippen molar-refractivity contribution in [2.24, 2.45) is 0 Å². The minimum Gasteiger partial charge on any atom is -0.493 e. The Hall–Kier alpha value is -3.66. The topological polar surface area (TPSA) is 88.1 Å². The van der Waals surface area contributed by atoms with Gasteiger partial charge in [-0.3, -0.25) is 4.79 Å². The van der Waals surface area contributed by atoms with Crippen LogP contribution in [0.2, 0.25) is 0 Å². The second-order valence-electron chi connectivity index (χ2n) is 6.95. The van der Waals surface area contributed by atoms with Gasteiger partial charge in [0.05, 0.1) is 12.0 Å². The zero-order valence-corrected chi connectivity index (χ0v) is 18.5. The molecule has 3 rings (SSSR count). The second-order valence-corrected chi connectivity index (χ2v) is 7.89. The standard InChI is InChI=1S/C23H22F2N2O5S/c1-31-20-11-15(4-7-19(20)32-14-16-5-6-17(24)12-18(16)25)13-27(9-8-26-23(29)30)22(28)21-3-2-10-33-21/h2-7,10-12,26H,8-9,13-14H2,1H3,(H,29,30). The van der Waals surface area contributed by atoms with Crippen LogP contribution in [0.4, 0.5) is 13.6 Å². The summed E-state index contributed by atoms with van der Waals surface area (Å²) in [6.45, 7) is 0.342. The van der Waals surface area contributed by atoms with Crippen LogP contribution in [0, 0.1) is 11.6 Å². The number of nitrogens with one attached hydrogen (secondary N) is 1. The van der Waals surface area contributed by atoms with E-state index < -0.39 is 17.7 Å². The lowest BCUT2D eigenvalue weighted by atomic mass is 10.1. The van der Waals surface area contributed by atoms with E-state index in [4.69, 9.17) is 14.6 Å². The SMILES string of the molecule is COc1cc(CN(CCNC(=O)O)C(=O)c2cccs2)ccc1OCc1ccc(F)cc1F. The Labute approximate surface area is 193 Å². The highest BCUT2D eigenvalue weighted by molar-refractivity contribution is 7.12. The van der Waals surface area contributed by atoms with Gasteiger partial charge in [0.25, 0.3) is 5.91 Å². The monoisotopic (exact) mass is 476 g/mol. The van der Waals surface area contributed by atoms with Crippen LogP contribution in [0.3, 0.4) is 0 Å². The minimum absolute atomic E-state index is 0.0774. The number of halogens is 2. The Morgan fingerprint density at radius 2 is 1.94 bits per heavy atom. The summed E-state index contributed by atoms with van der Waals surface area (Å²) in [5.74, 6) is -0.860. The first-order valence-electron chi connectivity index (χ1n) is 9.90. The predicted octanol–water partition coefficient (Wildman–Crippen LogP) is 4.52. The van der Waals surface area contributed by atoms with Gasteiger partial charge in [0.2, 0.25) is 0 Å². The molecule has 10 heteroatoms. The van der Waals surface area contributed by atoms with Crippen molar-refractivity contribution < 1.29 is 33.0 Å². The number of carbonyl (C=O) groups excluding carboxylic acids is 1. The molecule has 0 bridgehead atoms. The molecular weight excluding hydrogens is 454 g/mol. The van der Waals surface area contributed by atoms with E-state index in [-0.39, 0.29) is 37.7 Å². The zero-order valence-electron chi connectivity index (χ0n) is 17.7. The molecule has 174 valence electrons. The maximum atomic E-state index is 13.9. The average Bonchev–Trinajstić information content (AvgIpc) is 3.32. The maximum absolute atomic E-state index is 13.9. The van der Waals surface area contributed by atoms with Crippen molar-refractivity contribution in [3.63, 3.8) is 0 Å². The molecule has 0 aliphatic carbocycles. The summed E-state index contributed by atoms with van der Waals surface area (Å²) in [7, 11) is 1.45. The van der Waals surface area contributed by atoms with Crippen LogP contribution < -0.4 is 14.8 Å². The van der Waals surface area contributed by atoms with Crippen molar-refractivity contribution in [1.29, 1.82) is 0 Å². The van der Waals surface area contributed by atoms with Crippen molar-refractivity contribution in [3.8, 4) is 11.5 Å². The number of ether oxygens (including phenoxy) is 2. The first-order valence-corrected chi connectivity index (χ1v) is 10.8. The molecule has 0 aliphatic heterocycles. The number of hydrogen-bond acceptors (Lipinski definition) is 5. The average molecular weight is 477 g/mol. The third-order valence-corrected chi connectivity index (χ3v) is 5.53. The Morgan fingerprint density at radius 1 is 1.12 bits per heavy atom. The summed E-state index contributed by atoms with van der Waals surface area (Å²) in [4.78, 5) is 25.7. The lowest BCUT2D eigenvalue weighted by Crippen LogP contribution is -2.37. The smallest absolute Gasteiger partial charge is 0.404 e. The molecule has 1 aromatic heterocycles. The van der Waals surface area contributed by atoms with Gasteiger partial charge >= 0.3 is 6.09 Å². The molecule has 0 spiro atoms. The normalized spacial score (nSPS) is 10.5. The van der Waals surface area contributed by atoms with Gasteiger partial charge in [-0.15, -0.1) is 11.3 Å². The molecule has 0 unspecified atom stereocenters. The van der Waals surface area contributed by atoms with Gasteiger partial charge in [0.15, 0.2) is 11.5 Å². The zero-order chi connectivity index (χ0) is 23.8. The van der Waals surface area contributed by atoms with Gasteiger partial charge < -0.3 is 24.8 Å². The highest BCUT2D eigenvalue weighted by Gasteiger charge is 2.18. The molecule has 0 saturated carbocycles. The second kappa shape index (κ2) is 11.3. The fourth-order valence-electron chi connectivity index (χ4n) is 3.05. The van der Waals surface area contributed by atoms with Crippen LogP contribution in [-0.4, -0.2) is 42.2 Å². The number of benzene rings is 2. The van der Waals surface area contributed by atoms with Gasteiger partial charge in [-0.1, -0.05) is 12.1 Å². The van der Waals surface area contributed by atoms with E-state index in [0.717, 1.165) is 17.7 Å².